The summed E-state index contributed by atoms with van der Waals surface area (Å²) in [6, 6.07) is 23.7. The Bertz CT molecular complexity index is 789. The van der Waals surface area contributed by atoms with Gasteiger partial charge in [-0.05, 0) is 33.9 Å². The van der Waals surface area contributed by atoms with Gasteiger partial charge in [0.25, 0.3) is 0 Å². The van der Waals surface area contributed by atoms with E-state index in [1.807, 2.05) is 0 Å². The van der Waals surface area contributed by atoms with Gasteiger partial charge in [0, 0.05) is 6.42 Å². The highest BCUT2D eigenvalue weighted by atomic mass is 16.7. The number of benzene rings is 3. The van der Waals surface area contributed by atoms with Crippen molar-refractivity contribution in [3.63, 3.8) is 0 Å². The van der Waals surface area contributed by atoms with E-state index in [4.69, 9.17) is 9.47 Å². The fourth-order valence-corrected chi connectivity index (χ4v) is 3.32. The molecule has 0 amide bonds. The molecule has 0 radical (unpaired) electrons. The smallest absolute Gasteiger partial charge is 0.158 e. The van der Waals surface area contributed by atoms with Gasteiger partial charge in [0.2, 0.25) is 0 Å². The Labute approximate surface area is 136 Å². The summed E-state index contributed by atoms with van der Waals surface area (Å²) in [5.41, 5.74) is 3.96. The molecule has 3 aromatic carbocycles. The van der Waals surface area contributed by atoms with Crippen LogP contribution < -0.4 is 0 Å². The number of fused-ring (bicyclic) bond motifs is 1. The lowest BCUT2D eigenvalue weighted by molar-refractivity contribution is -0.0461. The molecule has 3 aromatic rings. The standard InChI is InChI=1S/C21H20O2/c1-2-7-17(8-3-1)21-18(12-13-20-22-14-15-23-20)11-10-16-6-4-5-9-19(16)21/h1-11,20H,12-15H2. The minimum absolute atomic E-state index is 0.0508. The Balaban J connectivity index is 1.76. The van der Waals surface area contributed by atoms with E-state index in [2.05, 4.69) is 66.7 Å². The van der Waals surface area contributed by atoms with Crippen LogP contribution in [0.25, 0.3) is 21.9 Å². The van der Waals surface area contributed by atoms with Crippen LogP contribution in [0.3, 0.4) is 0 Å². The minimum atomic E-state index is -0.0508. The largest absolute Gasteiger partial charge is 0.350 e. The second kappa shape index (κ2) is 6.53. The number of hydrogen-bond donors (Lipinski definition) is 0. The van der Waals surface area contributed by atoms with Crippen LogP contribution in [0.4, 0.5) is 0 Å². The molecular formula is C21H20O2. The summed E-state index contributed by atoms with van der Waals surface area (Å²) < 4.78 is 11.2. The van der Waals surface area contributed by atoms with Gasteiger partial charge < -0.3 is 9.47 Å². The molecule has 0 atom stereocenters. The van der Waals surface area contributed by atoms with Crippen molar-refractivity contribution < 1.29 is 9.47 Å². The maximum Gasteiger partial charge on any atom is 0.158 e. The van der Waals surface area contributed by atoms with Crippen LogP contribution in [-0.4, -0.2) is 19.5 Å². The van der Waals surface area contributed by atoms with E-state index in [9.17, 15) is 0 Å². The normalized spacial score (nSPS) is 15.3. The van der Waals surface area contributed by atoms with Crippen LogP contribution in [0.15, 0.2) is 66.7 Å². The first kappa shape index (κ1) is 14.4. The zero-order valence-electron chi connectivity index (χ0n) is 13.1. The van der Waals surface area contributed by atoms with E-state index in [-0.39, 0.29) is 6.29 Å². The van der Waals surface area contributed by atoms with Crippen LogP contribution >= 0.6 is 0 Å². The lowest BCUT2D eigenvalue weighted by atomic mass is 9.91. The summed E-state index contributed by atoms with van der Waals surface area (Å²) in [7, 11) is 0. The molecule has 1 saturated heterocycles. The van der Waals surface area contributed by atoms with Crippen molar-refractivity contribution in [3.05, 3.63) is 72.3 Å². The van der Waals surface area contributed by atoms with Gasteiger partial charge in [0.15, 0.2) is 6.29 Å². The van der Waals surface area contributed by atoms with Crippen LogP contribution in [0.1, 0.15) is 12.0 Å². The Kier molecular flexibility index (Phi) is 4.10. The molecule has 2 heteroatoms. The first-order valence-corrected chi connectivity index (χ1v) is 8.21. The third-order valence-electron chi connectivity index (χ3n) is 4.42. The highest BCUT2D eigenvalue weighted by molar-refractivity contribution is 5.98. The van der Waals surface area contributed by atoms with E-state index in [0.29, 0.717) is 13.2 Å². The van der Waals surface area contributed by atoms with Crippen molar-refractivity contribution in [1.82, 2.24) is 0 Å². The minimum Gasteiger partial charge on any atom is -0.350 e. The zero-order valence-corrected chi connectivity index (χ0v) is 13.1. The lowest BCUT2D eigenvalue weighted by Gasteiger charge is -2.15. The van der Waals surface area contributed by atoms with Gasteiger partial charge in [0.05, 0.1) is 13.2 Å². The predicted octanol–water partition coefficient (Wildman–Crippen LogP) is 4.81. The number of rotatable bonds is 4. The molecular weight excluding hydrogens is 284 g/mol. The van der Waals surface area contributed by atoms with Crippen molar-refractivity contribution in [2.45, 2.75) is 19.1 Å². The highest BCUT2D eigenvalue weighted by Crippen LogP contribution is 2.33. The fraction of sp³-hybridized carbons (Fsp3) is 0.238. The average Bonchev–Trinajstić information content (AvgIpc) is 3.13. The summed E-state index contributed by atoms with van der Waals surface area (Å²) in [6.45, 7) is 1.43. The Morgan fingerprint density at radius 1 is 0.783 bits per heavy atom. The van der Waals surface area contributed by atoms with Crippen LogP contribution in [0.5, 0.6) is 0 Å². The predicted molar refractivity (Wildman–Crippen MR) is 93.4 cm³/mol. The molecule has 1 fully saturated rings. The maximum absolute atomic E-state index is 5.59. The number of ether oxygens (including phenoxy) is 2. The second-order valence-corrected chi connectivity index (χ2v) is 5.90. The Morgan fingerprint density at radius 3 is 2.35 bits per heavy atom. The van der Waals surface area contributed by atoms with Crippen molar-refractivity contribution in [1.29, 1.82) is 0 Å². The van der Waals surface area contributed by atoms with E-state index in [1.54, 1.807) is 0 Å². The molecule has 0 aliphatic carbocycles. The van der Waals surface area contributed by atoms with Crippen molar-refractivity contribution in [2.24, 2.45) is 0 Å². The molecule has 0 unspecified atom stereocenters. The summed E-state index contributed by atoms with van der Waals surface area (Å²) in [5.74, 6) is 0. The van der Waals surface area contributed by atoms with Gasteiger partial charge in [-0.15, -0.1) is 0 Å². The monoisotopic (exact) mass is 304 g/mol. The molecule has 4 rings (SSSR count). The molecule has 0 aromatic heterocycles. The number of hydrogen-bond acceptors (Lipinski definition) is 2. The third-order valence-corrected chi connectivity index (χ3v) is 4.42. The van der Waals surface area contributed by atoms with Gasteiger partial charge in [0.1, 0.15) is 0 Å². The second-order valence-electron chi connectivity index (χ2n) is 5.90. The quantitative estimate of drug-likeness (QED) is 0.688. The summed E-state index contributed by atoms with van der Waals surface area (Å²) >= 11 is 0. The molecule has 2 nitrogen and oxygen atoms in total. The maximum atomic E-state index is 5.59. The molecule has 0 N–H and O–H groups in total. The highest BCUT2D eigenvalue weighted by Gasteiger charge is 2.17. The number of aryl methyl sites for hydroxylation is 1. The van der Waals surface area contributed by atoms with E-state index in [0.717, 1.165) is 12.8 Å². The van der Waals surface area contributed by atoms with Crippen LogP contribution in [-0.2, 0) is 15.9 Å². The summed E-state index contributed by atoms with van der Waals surface area (Å²) in [4.78, 5) is 0. The van der Waals surface area contributed by atoms with Crippen molar-refractivity contribution in [3.8, 4) is 11.1 Å². The molecule has 1 aliphatic heterocycles. The Hall–Kier alpha value is -2.16. The summed E-state index contributed by atoms with van der Waals surface area (Å²) in [6.07, 6.45) is 1.81. The van der Waals surface area contributed by atoms with E-state index >= 15 is 0 Å². The first-order chi connectivity index (χ1) is 11.4. The van der Waals surface area contributed by atoms with Gasteiger partial charge in [-0.2, -0.15) is 0 Å². The SMILES string of the molecule is c1ccc(-c2c(CCC3OCCO3)ccc3ccccc23)cc1. The molecule has 1 aliphatic rings. The molecule has 23 heavy (non-hydrogen) atoms. The zero-order chi connectivity index (χ0) is 15.5. The fourth-order valence-electron chi connectivity index (χ4n) is 3.32. The van der Waals surface area contributed by atoms with Crippen LogP contribution in [0, 0.1) is 0 Å². The molecule has 0 bridgehead atoms. The summed E-state index contributed by atoms with van der Waals surface area (Å²) in [5, 5.41) is 2.59. The molecule has 116 valence electrons. The van der Waals surface area contributed by atoms with Gasteiger partial charge in [-0.3, -0.25) is 0 Å². The van der Waals surface area contributed by atoms with Gasteiger partial charge >= 0.3 is 0 Å². The van der Waals surface area contributed by atoms with E-state index in [1.165, 1.54) is 27.5 Å². The molecule has 1 heterocycles. The lowest BCUT2D eigenvalue weighted by Crippen LogP contribution is -2.09. The average molecular weight is 304 g/mol. The van der Waals surface area contributed by atoms with E-state index < -0.39 is 0 Å². The first-order valence-electron chi connectivity index (χ1n) is 8.21. The molecule has 0 saturated carbocycles. The third kappa shape index (κ3) is 3.00. The topological polar surface area (TPSA) is 18.5 Å². The molecule has 0 spiro atoms. The van der Waals surface area contributed by atoms with Gasteiger partial charge in [-0.25, -0.2) is 0 Å². The van der Waals surface area contributed by atoms with Crippen molar-refractivity contribution in [2.75, 3.05) is 13.2 Å². The Morgan fingerprint density at radius 2 is 1.52 bits per heavy atom. The van der Waals surface area contributed by atoms with Gasteiger partial charge in [-0.1, -0.05) is 66.7 Å². The van der Waals surface area contributed by atoms with Crippen LogP contribution in [0.2, 0.25) is 0 Å². The van der Waals surface area contributed by atoms with Crippen molar-refractivity contribution >= 4 is 10.8 Å².